The van der Waals surface area contributed by atoms with Crippen LogP contribution >= 0.6 is 21.6 Å². The molecule has 1 atom stereocenters. The predicted molar refractivity (Wildman–Crippen MR) is 104 cm³/mol. The number of rotatable bonds is 9. The highest BCUT2D eigenvalue weighted by molar-refractivity contribution is 8.77. The number of benzene rings is 1. The Morgan fingerprint density at radius 1 is 1.23 bits per heavy atom. The van der Waals surface area contributed by atoms with Gasteiger partial charge in [-0.25, -0.2) is 4.79 Å². The molecule has 0 bridgehead atoms. The largest absolute Gasteiger partial charge is 0.465 e. The minimum atomic E-state index is -0.545. The molecule has 0 aromatic heterocycles. The third-order valence-electron chi connectivity index (χ3n) is 3.85. The number of esters is 2. The smallest absolute Gasteiger partial charge is 0.339 e. The van der Waals surface area contributed by atoms with E-state index in [4.69, 9.17) is 4.74 Å². The number of anilines is 1. The summed E-state index contributed by atoms with van der Waals surface area (Å²) in [7, 11) is 5.12. The van der Waals surface area contributed by atoms with Crippen LogP contribution in [0.5, 0.6) is 0 Å². The molecule has 0 spiro atoms. The van der Waals surface area contributed by atoms with E-state index in [1.807, 2.05) is 21.6 Å². The van der Waals surface area contributed by atoms with Gasteiger partial charge in [-0.05, 0) is 31.4 Å². The lowest BCUT2D eigenvalue weighted by molar-refractivity contribution is -0.147. The third kappa shape index (κ3) is 6.92. The number of hydrogen-bond donors (Lipinski definition) is 1. The average Bonchev–Trinajstić information content (AvgIpc) is 3.17. The van der Waals surface area contributed by atoms with Gasteiger partial charge in [0.15, 0.2) is 6.61 Å². The van der Waals surface area contributed by atoms with Crippen LogP contribution in [0.1, 0.15) is 42.5 Å². The van der Waals surface area contributed by atoms with E-state index in [1.165, 1.54) is 19.3 Å². The van der Waals surface area contributed by atoms with Gasteiger partial charge in [-0.1, -0.05) is 40.1 Å². The molecule has 0 aliphatic carbocycles. The Morgan fingerprint density at radius 2 is 2.04 bits per heavy atom. The van der Waals surface area contributed by atoms with Crippen molar-refractivity contribution in [1.82, 2.24) is 0 Å². The Bertz CT molecular complexity index is 632. The standard InChI is InChI=1S/C18H23NO5S2/c1-23-18(22)14-7-3-4-8-15(14)19-16(20)12-24-17(21)9-5-2-6-13-10-11-25-26-13/h3-4,7-8,13H,2,5-6,9-12H2,1H3,(H,19,20)/t13-/m0/s1. The molecule has 1 fully saturated rings. The highest BCUT2D eigenvalue weighted by atomic mass is 33.1. The molecule has 2 rings (SSSR count). The maximum Gasteiger partial charge on any atom is 0.339 e. The van der Waals surface area contributed by atoms with Crippen LogP contribution in [0.4, 0.5) is 5.69 Å². The molecular weight excluding hydrogens is 374 g/mol. The Kier molecular flexibility index (Phi) is 8.84. The summed E-state index contributed by atoms with van der Waals surface area (Å²) < 4.78 is 9.67. The van der Waals surface area contributed by atoms with Gasteiger partial charge in [-0.15, -0.1) is 0 Å². The summed E-state index contributed by atoms with van der Waals surface area (Å²) >= 11 is 0. The van der Waals surface area contributed by atoms with Crippen molar-refractivity contribution in [1.29, 1.82) is 0 Å². The number of carbonyl (C=O) groups is 3. The summed E-state index contributed by atoms with van der Waals surface area (Å²) in [4.78, 5) is 35.3. The summed E-state index contributed by atoms with van der Waals surface area (Å²) in [5.41, 5.74) is 0.574. The van der Waals surface area contributed by atoms with Crippen molar-refractivity contribution in [3.8, 4) is 0 Å². The SMILES string of the molecule is COC(=O)c1ccccc1NC(=O)COC(=O)CCCC[C@H]1CCSS1. The molecule has 1 amide bonds. The molecule has 1 heterocycles. The first-order valence-corrected chi connectivity index (χ1v) is 10.9. The van der Waals surface area contributed by atoms with Gasteiger partial charge in [-0.3, -0.25) is 9.59 Å². The zero-order chi connectivity index (χ0) is 18.8. The van der Waals surface area contributed by atoms with E-state index in [0.717, 1.165) is 19.3 Å². The number of methoxy groups -OCH3 is 1. The Morgan fingerprint density at radius 3 is 2.77 bits per heavy atom. The number of ether oxygens (including phenoxy) is 2. The van der Waals surface area contributed by atoms with Crippen LogP contribution in [0.2, 0.25) is 0 Å². The van der Waals surface area contributed by atoms with E-state index >= 15 is 0 Å². The fraction of sp³-hybridized carbons (Fsp3) is 0.500. The molecule has 1 aromatic rings. The number of unbranched alkanes of at least 4 members (excludes halogenated alkanes) is 1. The fourth-order valence-corrected chi connectivity index (χ4v) is 5.52. The molecule has 0 radical (unpaired) electrons. The van der Waals surface area contributed by atoms with E-state index in [0.29, 0.717) is 17.4 Å². The van der Waals surface area contributed by atoms with Crippen LogP contribution in [-0.2, 0) is 19.1 Å². The average molecular weight is 398 g/mol. The Balaban J connectivity index is 1.66. The Hall–Kier alpha value is -1.67. The summed E-state index contributed by atoms with van der Waals surface area (Å²) in [5, 5.41) is 3.27. The normalized spacial score (nSPS) is 16.1. The molecule has 1 N–H and O–H groups in total. The molecule has 1 aliphatic rings. The third-order valence-corrected chi connectivity index (χ3v) is 6.86. The number of amides is 1. The topological polar surface area (TPSA) is 81.7 Å². The van der Waals surface area contributed by atoms with Gasteiger partial charge in [0.25, 0.3) is 5.91 Å². The zero-order valence-corrected chi connectivity index (χ0v) is 16.3. The molecule has 1 saturated heterocycles. The number of carbonyl (C=O) groups excluding carboxylic acids is 3. The summed E-state index contributed by atoms with van der Waals surface area (Å²) in [6.45, 7) is -0.372. The van der Waals surface area contributed by atoms with Gasteiger partial charge >= 0.3 is 11.9 Å². The quantitative estimate of drug-likeness (QED) is 0.387. The number of para-hydroxylation sites is 1. The second-order valence-corrected chi connectivity index (χ2v) is 8.61. The van der Waals surface area contributed by atoms with E-state index < -0.39 is 11.9 Å². The van der Waals surface area contributed by atoms with Crippen LogP contribution in [0.3, 0.4) is 0 Å². The monoisotopic (exact) mass is 397 g/mol. The van der Waals surface area contributed by atoms with Crippen molar-refractivity contribution < 1.29 is 23.9 Å². The maximum absolute atomic E-state index is 11.9. The highest BCUT2D eigenvalue weighted by Gasteiger charge is 2.17. The summed E-state index contributed by atoms with van der Waals surface area (Å²) in [6, 6.07) is 6.50. The predicted octanol–water partition coefficient (Wildman–Crippen LogP) is 3.67. The minimum absolute atomic E-state index is 0.248. The van der Waals surface area contributed by atoms with E-state index in [9.17, 15) is 14.4 Å². The molecule has 0 saturated carbocycles. The maximum atomic E-state index is 11.9. The molecule has 6 nitrogen and oxygen atoms in total. The fourth-order valence-electron chi connectivity index (χ4n) is 2.49. The molecule has 0 unspecified atom stereocenters. The van der Waals surface area contributed by atoms with Crippen LogP contribution in [0, 0.1) is 0 Å². The van der Waals surface area contributed by atoms with Gasteiger partial charge in [0.2, 0.25) is 0 Å². The van der Waals surface area contributed by atoms with Crippen LogP contribution in [0.15, 0.2) is 24.3 Å². The Labute approximate surface area is 161 Å². The first-order chi connectivity index (χ1) is 12.6. The van der Waals surface area contributed by atoms with Crippen molar-refractivity contribution in [3.63, 3.8) is 0 Å². The molecule has 26 heavy (non-hydrogen) atoms. The number of nitrogens with one attached hydrogen (secondary N) is 1. The highest BCUT2D eigenvalue weighted by Crippen LogP contribution is 2.39. The lowest BCUT2D eigenvalue weighted by Crippen LogP contribution is -2.22. The van der Waals surface area contributed by atoms with Crippen molar-refractivity contribution in [2.75, 3.05) is 24.8 Å². The second kappa shape index (κ2) is 11.1. The molecule has 142 valence electrons. The van der Waals surface area contributed by atoms with Gasteiger partial charge in [0, 0.05) is 17.4 Å². The molecule has 1 aliphatic heterocycles. The van der Waals surface area contributed by atoms with Crippen LogP contribution in [0.25, 0.3) is 0 Å². The molecule has 1 aromatic carbocycles. The van der Waals surface area contributed by atoms with Crippen molar-refractivity contribution in [2.24, 2.45) is 0 Å². The van der Waals surface area contributed by atoms with E-state index in [2.05, 4.69) is 10.1 Å². The van der Waals surface area contributed by atoms with Gasteiger partial charge < -0.3 is 14.8 Å². The molecular formula is C18H23NO5S2. The lowest BCUT2D eigenvalue weighted by Gasteiger charge is -2.10. The second-order valence-electron chi connectivity index (χ2n) is 5.82. The van der Waals surface area contributed by atoms with Crippen molar-refractivity contribution in [2.45, 2.75) is 37.4 Å². The minimum Gasteiger partial charge on any atom is -0.465 e. The number of hydrogen-bond acceptors (Lipinski definition) is 7. The molecule has 8 heteroatoms. The lowest BCUT2D eigenvalue weighted by atomic mass is 10.1. The van der Waals surface area contributed by atoms with Gasteiger partial charge in [-0.2, -0.15) is 0 Å². The van der Waals surface area contributed by atoms with Crippen LogP contribution in [-0.4, -0.2) is 42.6 Å². The van der Waals surface area contributed by atoms with Crippen molar-refractivity contribution >= 4 is 45.1 Å². The zero-order valence-electron chi connectivity index (χ0n) is 14.7. The van der Waals surface area contributed by atoms with Crippen LogP contribution < -0.4 is 5.32 Å². The first kappa shape index (κ1) is 20.6. The summed E-state index contributed by atoms with van der Waals surface area (Å²) in [6.07, 6.45) is 4.44. The first-order valence-electron chi connectivity index (χ1n) is 8.51. The van der Waals surface area contributed by atoms with Gasteiger partial charge in [0.05, 0.1) is 18.4 Å². The van der Waals surface area contributed by atoms with E-state index in [-0.39, 0.29) is 18.1 Å². The van der Waals surface area contributed by atoms with Gasteiger partial charge in [0.1, 0.15) is 0 Å². The van der Waals surface area contributed by atoms with Crippen molar-refractivity contribution in [3.05, 3.63) is 29.8 Å². The summed E-state index contributed by atoms with van der Waals surface area (Å²) in [5.74, 6) is -0.202. The van der Waals surface area contributed by atoms with E-state index in [1.54, 1.807) is 24.3 Å².